The summed E-state index contributed by atoms with van der Waals surface area (Å²) in [5, 5.41) is 3.56. The normalized spacial score (nSPS) is 10.0. The summed E-state index contributed by atoms with van der Waals surface area (Å²) >= 11 is 9.75. The van der Waals surface area contributed by atoms with Gasteiger partial charge >= 0.3 is 0 Å². The standard InChI is InChI=1S/C11H14ClNOS/c12-10-3-1-9(2-4-10)5-7-13-11(14)6-8-15/h1-4,15H,5-8H2,(H,13,14). The molecule has 0 aliphatic heterocycles. The largest absolute Gasteiger partial charge is 0.356 e. The predicted molar refractivity (Wildman–Crippen MR) is 66.6 cm³/mol. The van der Waals surface area contributed by atoms with Crippen molar-refractivity contribution in [1.29, 1.82) is 0 Å². The third-order valence-corrected chi connectivity index (χ3v) is 2.46. The number of halogens is 1. The fraction of sp³-hybridized carbons (Fsp3) is 0.364. The molecule has 0 atom stereocenters. The summed E-state index contributed by atoms with van der Waals surface area (Å²) < 4.78 is 0. The van der Waals surface area contributed by atoms with Gasteiger partial charge < -0.3 is 5.32 Å². The van der Waals surface area contributed by atoms with E-state index in [9.17, 15) is 4.79 Å². The maximum Gasteiger partial charge on any atom is 0.220 e. The summed E-state index contributed by atoms with van der Waals surface area (Å²) in [7, 11) is 0. The van der Waals surface area contributed by atoms with Crippen LogP contribution in [0.5, 0.6) is 0 Å². The zero-order chi connectivity index (χ0) is 11.1. The van der Waals surface area contributed by atoms with Crippen LogP contribution < -0.4 is 5.32 Å². The third kappa shape index (κ3) is 5.09. The fourth-order valence-corrected chi connectivity index (χ4v) is 1.52. The molecule has 0 radical (unpaired) electrons. The number of rotatable bonds is 5. The van der Waals surface area contributed by atoms with E-state index in [2.05, 4.69) is 17.9 Å². The Morgan fingerprint density at radius 3 is 2.60 bits per heavy atom. The first-order valence-corrected chi connectivity index (χ1v) is 5.85. The fourth-order valence-electron chi connectivity index (χ4n) is 1.19. The smallest absolute Gasteiger partial charge is 0.220 e. The highest BCUT2D eigenvalue weighted by atomic mass is 35.5. The molecule has 0 saturated heterocycles. The molecule has 1 amide bonds. The van der Waals surface area contributed by atoms with E-state index >= 15 is 0 Å². The molecule has 1 rings (SSSR count). The lowest BCUT2D eigenvalue weighted by Crippen LogP contribution is -2.25. The Bertz CT molecular complexity index is 313. The predicted octanol–water partition coefficient (Wildman–Crippen LogP) is 2.32. The molecule has 0 unspecified atom stereocenters. The van der Waals surface area contributed by atoms with E-state index in [4.69, 9.17) is 11.6 Å². The summed E-state index contributed by atoms with van der Waals surface area (Å²) in [4.78, 5) is 11.1. The van der Waals surface area contributed by atoms with Gasteiger partial charge in [0, 0.05) is 18.0 Å². The van der Waals surface area contributed by atoms with Gasteiger partial charge in [-0.1, -0.05) is 23.7 Å². The van der Waals surface area contributed by atoms with Crippen LogP contribution in [0.1, 0.15) is 12.0 Å². The third-order valence-electron chi connectivity index (χ3n) is 1.99. The van der Waals surface area contributed by atoms with E-state index in [1.165, 1.54) is 5.56 Å². The van der Waals surface area contributed by atoms with Crippen molar-refractivity contribution >= 4 is 30.1 Å². The molecular formula is C11H14ClNOS. The van der Waals surface area contributed by atoms with E-state index in [0.717, 1.165) is 11.4 Å². The molecule has 82 valence electrons. The summed E-state index contributed by atoms with van der Waals surface area (Å²) in [6.45, 7) is 0.661. The highest BCUT2D eigenvalue weighted by molar-refractivity contribution is 7.80. The Morgan fingerprint density at radius 1 is 1.33 bits per heavy atom. The molecule has 0 aromatic heterocycles. The zero-order valence-corrected chi connectivity index (χ0v) is 10.0. The van der Waals surface area contributed by atoms with Crippen molar-refractivity contribution in [2.75, 3.05) is 12.3 Å². The molecule has 0 heterocycles. The lowest BCUT2D eigenvalue weighted by Gasteiger charge is -2.04. The monoisotopic (exact) mass is 243 g/mol. The molecule has 0 aliphatic carbocycles. The average Bonchev–Trinajstić information content (AvgIpc) is 2.21. The number of benzene rings is 1. The first-order chi connectivity index (χ1) is 7.22. The number of carbonyl (C=O) groups excluding carboxylic acids is 1. The van der Waals surface area contributed by atoms with Crippen molar-refractivity contribution in [1.82, 2.24) is 5.32 Å². The zero-order valence-electron chi connectivity index (χ0n) is 8.37. The summed E-state index contributed by atoms with van der Waals surface area (Å²) in [5.41, 5.74) is 1.17. The van der Waals surface area contributed by atoms with Crippen molar-refractivity contribution in [2.24, 2.45) is 0 Å². The number of amides is 1. The SMILES string of the molecule is O=C(CCS)NCCc1ccc(Cl)cc1. The molecule has 15 heavy (non-hydrogen) atoms. The van der Waals surface area contributed by atoms with Crippen LogP contribution in [0.3, 0.4) is 0 Å². The Labute approximate surface area is 100 Å². The van der Waals surface area contributed by atoms with Crippen LogP contribution in [0.4, 0.5) is 0 Å². The molecule has 1 aromatic carbocycles. The second kappa shape index (κ2) is 6.75. The van der Waals surface area contributed by atoms with Crippen molar-refractivity contribution in [3.63, 3.8) is 0 Å². The average molecular weight is 244 g/mol. The molecule has 0 fully saturated rings. The quantitative estimate of drug-likeness (QED) is 0.764. The summed E-state index contributed by atoms with van der Waals surface area (Å²) in [6, 6.07) is 7.64. The van der Waals surface area contributed by atoms with E-state index < -0.39 is 0 Å². The second-order valence-electron chi connectivity index (χ2n) is 3.20. The molecule has 1 aromatic rings. The van der Waals surface area contributed by atoms with Crippen molar-refractivity contribution in [2.45, 2.75) is 12.8 Å². The first kappa shape index (κ1) is 12.4. The van der Waals surface area contributed by atoms with Gasteiger partial charge in [0.1, 0.15) is 0 Å². The van der Waals surface area contributed by atoms with Gasteiger partial charge in [0.25, 0.3) is 0 Å². The van der Waals surface area contributed by atoms with Crippen LogP contribution in [-0.4, -0.2) is 18.2 Å². The van der Waals surface area contributed by atoms with Crippen LogP contribution in [0.25, 0.3) is 0 Å². The van der Waals surface area contributed by atoms with Gasteiger partial charge in [-0.15, -0.1) is 0 Å². The van der Waals surface area contributed by atoms with Gasteiger partial charge in [0.2, 0.25) is 5.91 Å². The number of hydrogen-bond donors (Lipinski definition) is 2. The van der Waals surface area contributed by atoms with E-state index in [1.54, 1.807) is 0 Å². The minimum atomic E-state index is 0.0546. The second-order valence-corrected chi connectivity index (χ2v) is 4.08. The first-order valence-electron chi connectivity index (χ1n) is 4.84. The molecule has 4 heteroatoms. The lowest BCUT2D eigenvalue weighted by molar-refractivity contribution is -0.120. The van der Waals surface area contributed by atoms with Gasteiger partial charge in [-0.05, 0) is 29.9 Å². The minimum absolute atomic E-state index is 0.0546. The summed E-state index contributed by atoms with van der Waals surface area (Å²) in [5.74, 6) is 0.645. The molecule has 1 N–H and O–H groups in total. The van der Waals surface area contributed by atoms with Crippen LogP contribution in [0, 0.1) is 0 Å². The Balaban J connectivity index is 2.26. The Hall–Kier alpha value is -0.670. The number of nitrogens with one attached hydrogen (secondary N) is 1. The Morgan fingerprint density at radius 2 is 2.00 bits per heavy atom. The van der Waals surface area contributed by atoms with Crippen LogP contribution in [-0.2, 0) is 11.2 Å². The molecule has 0 aliphatic rings. The van der Waals surface area contributed by atoms with Crippen LogP contribution in [0.2, 0.25) is 5.02 Å². The molecule has 0 spiro atoms. The Kier molecular flexibility index (Phi) is 5.58. The maximum atomic E-state index is 11.1. The van der Waals surface area contributed by atoms with E-state index in [0.29, 0.717) is 18.7 Å². The number of thiol groups is 1. The summed E-state index contributed by atoms with van der Waals surface area (Å²) in [6.07, 6.45) is 1.30. The minimum Gasteiger partial charge on any atom is -0.356 e. The van der Waals surface area contributed by atoms with Gasteiger partial charge in [0.05, 0.1) is 0 Å². The molecular weight excluding hydrogens is 230 g/mol. The maximum absolute atomic E-state index is 11.1. The number of carbonyl (C=O) groups is 1. The van der Waals surface area contributed by atoms with E-state index in [-0.39, 0.29) is 5.91 Å². The van der Waals surface area contributed by atoms with Crippen molar-refractivity contribution < 1.29 is 4.79 Å². The van der Waals surface area contributed by atoms with Crippen LogP contribution in [0.15, 0.2) is 24.3 Å². The molecule has 0 bridgehead atoms. The van der Waals surface area contributed by atoms with Gasteiger partial charge in [-0.25, -0.2) is 0 Å². The topological polar surface area (TPSA) is 29.1 Å². The van der Waals surface area contributed by atoms with E-state index in [1.807, 2.05) is 24.3 Å². The van der Waals surface area contributed by atoms with Crippen LogP contribution >= 0.6 is 24.2 Å². The van der Waals surface area contributed by atoms with Crippen molar-refractivity contribution in [3.8, 4) is 0 Å². The molecule has 2 nitrogen and oxygen atoms in total. The van der Waals surface area contributed by atoms with Gasteiger partial charge in [-0.2, -0.15) is 12.6 Å². The highest BCUT2D eigenvalue weighted by Gasteiger charge is 1.98. The lowest BCUT2D eigenvalue weighted by atomic mass is 10.1. The highest BCUT2D eigenvalue weighted by Crippen LogP contribution is 2.09. The van der Waals surface area contributed by atoms with Gasteiger partial charge in [-0.3, -0.25) is 4.79 Å². The number of hydrogen-bond acceptors (Lipinski definition) is 2. The van der Waals surface area contributed by atoms with Crippen molar-refractivity contribution in [3.05, 3.63) is 34.9 Å². The molecule has 0 saturated carbocycles. The van der Waals surface area contributed by atoms with Gasteiger partial charge in [0.15, 0.2) is 0 Å².